The third-order valence-electron chi connectivity index (χ3n) is 3.39. The zero-order chi connectivity index (χ0) is 17.6. The Morgan fingerprint density at radius 3 is 2.60 bits per heavy atom. The van der Waals surface area contributed by atoms with Crippen LogP contribution in [0.4, 0.5) is 0 Å². The number of nitrogens with zero attached hydrogens (tertiary/aromatic N) is 2. The van der Waals surface area contributed by atoms with E-state index in [1.54, 1.807) is 11.8 Å². The third-order valence-corrected chi connectivity index (χ3v) is 4.48. The lowest BCUT2D eigenvalue weighted by molar-refractivity contribution is 0.0943. The minimum Gasteiger partial charge on any atom is -0.343 e. The monoisotopic (exact) mass is 353 g/mol. The van der Waals surface area contributed by atoms with Gasteiger partial charge in [-0.2, -0.15) is 4.98 Å². The normalized spacial score (nSPS) is 10.8. The molecule has 3 rings (SSSR count). The molecule has 0 saturated carbocycles. The number of hydrogen-bond acceptors (Lipinski definition) is 5. The largest absolute Gasteiger partial charge is 0.343 e. The van der Waals surface area contributed by atoms with Gasteiger partial charge in [0.1, 0.15) is 0 Å². The SMILES string of the molecule is CC(C)Sc1ccccc1C(=O)NCc1nc(-c2ccccc2)no1. The standard InChI is InChI=1S/C19H19N3O2S/c1-13(2)25-16-11-7-6-10-15(16)19(23)20-12-17-21-18(22-24-17)14-8-4-3-5-9-14/h3-11,13H,12H2,1-2H3,(H,20,23). The average molecular weight is 353 g/mol. The van der Waals surface area contributed by atoms with E-state index in [2.05, 4.69) is 29.3 Å². The molecule has 0 radical (unpaired) electrons. The molecular weight excluding hydrogens is 334 g/mol. The van der Waals surface area contributed by atoms with E-state index < -0.39 is 0 Å². The van der Waals surface area contributed by atoms with Crippen LogP contribution >= 0.6 is 11.8 Å². The summed E-state index contributed by atoms with van der Waals surface area (Å²) in [4.78, 5) is 17.8. The van der Waals surface area contributed by atoms with Crippen molar-refractivity contribution in [1.29, 1.82) is 0 Å². The van der Waals surface area contributed by atoms with Gasteiger partial charge in [-0.15, -0.1) is 11.8 Å². The molecule has 128 valence electrons. The van der Waals surface area contributed by atoms with E-state index in [4.69, 9.17) is 4.52 Å². The molecule has 2 aromatic carbocycles. The Hall–Kier alpha value is -2.60. The van der Waals surface area contributed by atoms with Crippen LogP contribution in [0.1, 0.15) is 30.1 Å². The van der Waals surface area contributed by atoms with Crippen molar-refractivity contribution in [2.75, 3.05) is 0 Å². The van der Waals surface area contributed by atoms with Gasteiger partial charge in [-0.25, -0.2) is 0 Å². The summed E-state index contributed by atoms with van der Waals surface area (Å²) < 4.78 is 5.22. The molecule has 5 nitrogen and oxygen atoms in total. The lowest BCUT2D eigenvalue weighted by Gasteiger charge is -2.10. The lowest BCUT2D eigenvalue weighted by atomic mass is 10.2. The molecule has 0 aliphatic rings. The number of nitrogens with one attached hydrogen (secondary N) is 1. The van der Waals surface area contributed by atoms with E-state index in [0.717, 1.165) is 10.5 Å². The summed E-state index contributed by atoms with van der Waals surface area (Å²) in [5, 5.41) is 7.20. The molecule has 0 saturated heterocycles. The summed E-state index contributed by atoms with van der Waals surface area (Å²) in [6.45, 7) is 4.39. The molecule has 0 aliphatic carbocycles. The van der Waals surface area contributed by atoms with E-state index in [1.165, 1.54) is 0 Å². The van der Waals surface area contributed by atoms with Crippen LogP contribution in [0.5, 0.6) is 0 Å². The first-order chi connectivity index (χ1) is 12.1. The van der Waals surface area contributed by atoms with E-state index in [0.29, 0.717) is 22.5 Å². The van der Waals surface area contributed by atoms with Gasteiger partial charge < -0.3 is 9.84 Å². The first-order valence-corrected chi connectivity index (χ1v) is 8.93. The Morgan fingerprint density at radius 2 is 1.84 bits per heavy atom. The minimum atomic E-state index is -0.150. The summed E-state index contributed by atoms with van der Waals surface area (Å²) in [6, 6.07) is 17.2. The van der Waals surface area contributed by atoms with Gasteiger partial charge in [-0.3, -0.25) is 4.79 Å². The Bertz CT molecular complexity index is 847. The van der Waals surface area contributed by atoms with Gasteiger partial charge >= 0.3 is 0 Å². The third kappa shape index (κ3) is 4.48. The quantitative estimate of drug-likeness (QED) is 0.674. The van der Waals surface area contributed by atoms with Gasteiger partial charge in [0.15, 0.2) is 0 Å². The molecule has 1 amide bonds. The van der Waals surface area contributed by atoms with Gasteiger partial charge in [0, 0.05) is 15.7 Å². The van der Waals surface area contributed by atoms with Crippen LogP contribution < -0.4 is 5.32 Å². The number of carbonyl (C=O) groups excluding carboxylic acids is 1. The minimum absolute atomic E-state index is 0.150. The zero-order valence-electron chi connectivity index (χ0n) is 14.1. The number of rotatable bonds is 6. The number of amides is 1. The smallest absolute Gasteiger partial charge is 0.252 e. The van der Waals surface area contributed by atoms with Crippen LogP contribution in [0, 0.1) is 0 Å². The summed E-state index contributed by atoms with van der Waals surface area (Å²) in [5.41, 5.74) is 1.53. The second-order valence-corrected chi connectivity index (χ2v) is 7.34. The number of hydrogen-bond donors (Lipinski definition) is 1. The average Bonchev–Trinajstić information content (AvgIpc) is 3.09. The second kappa shape index (κ2) is 7.98. The maximum Gasteiger partial charge on any atom is 0.252 e. The van der Waals surface area contributed by atoms with E-state index in [-0.39, 0.29) is 12.5 Å². The second-order valence-electron chi connectivity index (χ2n) is 5.72. The van der Waals surface area contributed by atoms with Crippen molar-refractivity contribution < 1.29 is 9.32 Å². The molecule has 3 aromatic rings. The van der Waals surface area contributed by atoms with Crippen LogP contribution in [-0.4, -0.2) is 21.3 Å². The number of benzene rings is 2. The highest BCUT2D eigenvalue weighted by molar-refractivity contribution is 8.00. The molecule has 25 heavy (non-hydrogen) atoms. The van der Waals surface area contributed by atoms with Crippen molar-refractivity contribution in [3.8, 4) is 11.4 Å². The Labute approximate surface area is 150 Å². The van der Waals surface area contributed by atoms with Crippen LogP contribution in [0.2, 0.25) is 0 Å². The fourth-order valence-corrected chi connectivity index (χ4v) is 3.25. The predicted molar refractivity (Wildman–Crippen MR) is 98.3 cm³/mol. The van der Waals surface area contributed by atoms with Gasteiger partial charge in [0.25, 0.3) is 5.91 Å². The van der Waals surface area contributed by atoms with E-state index in [9.17, 15) is 4.79 Å². The zero-order valence-corrected chi connectivity index (χ0v) is 14.9. The molecular formula is C19H19N3O2S. The maximum absolute atomic E-state index is 12.5. The fourth-order valence-electron chi connectivity index (χ4n) is 2.29. The van der Waals surface area contributed by atoms with E-state index in [1.807, 2.05) is 54.6 Å². The molecule has 0 bridgehead atoms. The molecule has 6 heteroatoms. The lowest BCUT2D eigenvalue weighted by Crippen LogP contribution is -2.23. The van der Waals surface area contributed by atoms with Crippen LogP contribution in [0.3, 0.4) is 0 Å². The molecule has 0 atom stereocenters. The Balaban J connectivity index is 1.66. The molecule has 1 N–H and O–H groups in total. The first kappa shape index (κ1) is 17.2. The summed E-state index contributed by atoms with van der Waals surface area (Å²) in [7, 11) is 0. The summed E-state index contributed by atoms with van der Waals surface area (Å²) >= 11 is 1.66. The number of carbonyl (C=O) groups is 1. The van der Waals surface area contributed by atoms with Gasteiger partial charge in [0.05, 0.1) is 12.1 Å². The van der Waals surface area contributed by atoms with Crippen molar-refractivity contribution in [2.24, 2.45) is 0 Å². The molecule has 1 aromatic heterocycles. The maximum atomic E-state index is 12.5. The molecule has 0 fully saturated rings. The highest BCUT2D eigenvalue weighted by Gasteiger charge is 2.14. The topological polar surface area (TPSA) is 68.0 Å². The van der Waals surface area contributed by atoms with E-state index >= 15 is 0 Å². The van der Waals surface area contributed by atoms with Crippen molar-refractivity contribution in [3.63, 3.8) is 0 Å². The van der Waals surface area contributed by atoms with Gasteiger partial charge in [0.2, 0.25) is 11.7 Å². The van der Waals surface area contributed by atoms with Crippen molar-refractivity contribution in [2.45, 2.75) is 30.5 Å². The van der Waals surface area contributed by atoms with Gasteiger partial charge in [-0.1, -0.05) is 61.5 Å². The predicted octanol–water partition coefficient (Wildman–Crippen LogP) is 4.17. The Morgan fingerprint density at radius 1 is 1.12 bits per heavy atom. The molecule has 0 aliphatic heterocycles. The van der Waals surface area contributed by atoms with Crippen LogP contribution in [-0.2, 0) is 6.54 Å². The number of aromatic nitrogens is 2. The van der Waals surface area contributed by atoms with Gasteiger partial charge in [-0.05, 0) is 12.1 Å². The summed E-state index contributed by atoms with van der Waals surface area (Å²) in [6.07, 6.45) is 0. The summed E-state index contributed by atoms with van der Waals surface area (Å²) in [5.74, 6) is 0.741. The Kier molecular flexibility index (Phi) is 5.50. The fraction of sp³-hybridized carbons (Fsp3) is 0.211. The number of thioether (sulfide) groups is 1. The first-order valence-electron chi connectivity index (χ1n) is 8.05. The van der Waals surface area contributed by atoms with Crippen molar-refractivity contribution >= 4 is 17.7 Å². The highest BCUT2D eigenvalue weighted by atomic mass is 32.2. The van der Waals surface area contributed by atoms with Crippen LogP contribution in [0.25, 0.3) is 11.4 Å². The van der Waals surface area contributed by atoms with Crippen molar-refractivity contribution in [1.82, 2.24) is 15.5 Å². The highest BCUT2D eigenvalue weighted by Crippen LogP contribution is 2.26. The molecule has 1 heterocycles. The van der Waals surface area contributed by atoms with Crippen molar-refractivity contribution in [3.05, 3.63) is 66.1 Å². The van der Waals surface area contributed by atoms with Crippen LogP contribution in [0.15, 0.2) is 64.0 Å². The molecule has 0 unspecified atom stereocenters. The molecule has 0 spiro atoms.